The van der Waals surface area contributed by atoms with E-state index in [1.54, 1.807) is 11.3 Å². The van der Waals surface area contributed by atoms with Gasteiger partial charge in [-0.05, 0) is 25.2 Å². The van der Waals surface area contributed by atoms with E-state index in [-0.39, 0.29) is 6.10 Å². The van der Waals surface area contributed by atoms with Crippen LogP contribution in [0.4, 0.5) is 0 Å². The fourth-order valence-corrected chi connectivity index (χ4v) is 4.21. The largest absolute Gasteiger partial charge is 0.374 e. The molecule has 2 rings (SSSR count). The smallest absolute Gasteiger partial charge is 0.122 e. The Morgan fingerprint density at radius 2 is 2.11 bits per heavy atom. The molecule has 0 amide bonds. The Morgan fingerprint density at radius 3 is 2.68 bits per heavy atom. The molecule has 1 saturated carbocycles. The Morgan fingerprint density at radius 1 is 1.37 bits per heavy atom. The van der Waals surface area contributed by atoms with E-state index in [1.807, 2.05) is 7.11 Å². The molecule has 3 nitrogen and oxygen atoms in total. The normalized spacial score (nSPS) is 18.7. The number of hydrogen-bond donors (Lipinski definition) is 1. The molecule has 108 valence electrons. The number of aromatic nitrogens is 1. The third-order valence-corrected chi connectivity index (χ3v) is 5.22. The van der Waals surface area contributed by atoms with Crippen LogP contribution in [-0.4, -0.2) is 12.1 Å². The van der Waals surface area contributed by atoms with Crippen molar-refractivity contribution in [3.8, 4) is 0 Å². The fraction of sp³-hybridized carbons (Fsp3) is 0.800. The van der Waals surface area contributed by atoms with Gasteiger partial charge in [-0.3, -0.25) is 0 Å². The molecule has 0 saturated heterocycles. The molecule has 0 aromatic carbocycles. The van der Waals surface area contributed by atoms with Crippen LogP contribution in [0.2, 0.25) is 0 Å². The molecule has 1 atom stereocenters. The van der Waals surface area contributed by atoms with E-state index in [2.05, 4.69) is 6.92 Å². The Kier molecular flexibility index (Phi) is 5.79. The summed E-state index contributed by atoms with van der Waals surface area (Å²) in [4.78, 5) is 6.08. The average Bonchev–Trinajstić information content (AvgIpc) is 2.84. The van der Waals surface area contributed by atoms with Crippen molar-refractivity contribution < 1.29 is 4.74 Å². The molecule has 0 aliphatic heterocycles. The van der Waals surface area contributed by atoms with E-state index in [1.165, 1.54) is 42.7 Å². The predicted molar refractivity (Wildman–Crippen MR) is 80.3 cm³/mol. The van der Waals surface area contributed by atoms with E-state index in [0.29, 0.717) is 12.5 Å². The van der Waals surface area contributed by atoms with Crippen molar-refractivity contribution in [2.75, 3.05) is 7.11 Å². The second-order valence-corrected chi connectivity index (χ2v) is 6.55. The molecule has 0 spiro atoms. The topological polar surface area (TPSA) is 48.1 Å². The highest BCUT2D eigenvalue weighted by molar-refractivity contribution is 7.11. The van der Waals surface area contributed by atoms with Crippen LogP contribution in [0.15, 0.2) is 0 Å². The molecule has 1 aromatic rings. The molecular weight excluding hydrogens is 256 g/mol. The first-order chi connectivity index (χ1) is 9.30. The van der Waals surface area contributed by atoms with Gasteiger partial charge in [0.1, 0.15) is 11.1 Å². The van der Waals surface area contributed by atoms with Gasteiger partial charge in [-0.15, -0.1) is 11.3 Å². The van der Waals surface area contributed by atoms with Crippen molar-refractivity contribution in [2.45, 2.75) is 64.5 Å². The molecule has 0 radical (unpaired) electrons. The monoisotopic (exact) mass is 282 g/mol. The summed E-state index contributed by atoms with van der Waals surface area (Å²) < 4.78 is 5.77. The Balaban J connectivity index is 2.17. The standard InChI is InChI=1S/C15H26N2OS/c1-3-7-12-13(10-16)19-15(17-12)14(18-2)11-8-5-4-6-9-11/h11,14H,3-10,16H2,1-2H3. The molecule has 1 fully saturated rings. The predicted octanol–water partition coefficient (Wildman–Crippen LogP) is 3.82. The Labute approximate surface area is 120 Å². The Hall–Kier alpha value is -0.450. The lowest BCUT2D eigenvalue weighted by Crippen LogP contribution is -2.17. The van der Waals surface area contributed by atoms with Crippen LogP contribution in [0, 0.1) is 5.92 Å². The number of hydrogen-bond acceptors (Lipinski definition) is 4. The number of aryl methyl sites for hydroxylation is 1. The van der Waals surface area contributed by atoms with E-state index in [9.17, 15) is 0 Å². The highest BCUT2D eigenvalue weighted by Gasteiger charge is 2.28. The van der Waals surface area contributed by atoms with E-state index in [4.69, 9.17) is 15.5 Å². The second kappa shape index (κ2) is 7.36. The summed E-state index contributed by atoms with van der Waals surface area (Å²) in [7, 11) is 1.82. The van der Waals surface area contributed by atoms with Gasteiger partial charge in [0.2, 0.25) is 0 Å². The zero-order valence-electron chi connectivity index (χ0n) is 12.2. The fourth-order valence-electron chi connectivity index (χ4n) is 3.05. The van der Waals surface area contributed by atoms with Crippen LogP contribution in [0.25, 0.3) is 0 Å². The van der Waals surface area contributed by atoms with Gasteiger partial charge in [0, 0.05) is 18.5 Å². The minimum atomic E-state index is 0.182. The summed E-state index contributed by atoms with van der Waals surface area (Å²) in [5.74, 6) is 0.644. The lowest BCUT2D eigenvalue weighted by Gasteiger charge is -2.27. The second-order valence-electron chi connectivity index (χ2n) is 5.43. The summed E-state index contributed by atoms with van der Waals surface area (Å²) in [6.07, 6.45) is 8.93. The lowest BCUT2D eigenvalue weighted by atomic mass is 9.85. The minimum absolute atomic E-state index is 0.182. The zero-order chi connectivity index (χ0) is 13.7. The van der Waals surface area contributed by atoms with Crippen molar-refractivity contribution in [3.63, 3.8) is 0 Å². The van der Waals surface area contributed by atoms with Crippen LogP contribution in [0.1, 0.15) is 67.1 Å². The van der Waals surface area contributed by atoms with Crippen molar-refractivity contribution in [1.29, 1.82) is 0 Å². The van der Waals surface area contributed by atoms with Gasteiger partial charge in [0.25, 0.3) is 0 Å². The maximum Gasteiger partial charge on any atom is 0.122 e. The van der Waals surface area contributed by atoms with Crippen LogP contribution in [0.3, 0.4) is 0 Å². The third kappa shape index (κ3) is 3.56. The maximum absolute atomic E-state index is 5.84. The minimum Gasteiger partial charge on any atom is -0.374 e. The first-order valence-corrected chi connectivity index (χ1v) is 8.33. The molecule has 1 unspecified atom stereocenters. The van der Waals surface area contributed by atoms with Gasteiger partial charge in [0.05, 0.1) is 5.69 Å². The number of ether oxygens (including phenoxy) is 1. The molecule has 0 bridgehead atoms. The van der Waals surface area contributed by atoms with Crippen molar-refractivity contribution in [1.82, 2.24) is 4.98 Å². The highest BCUT2D eigenvalue weighted by Crippen LogP contribution is 2.38. The number of methoxy groups -OCH3 is 1. The summed E-state index contributed by atoms with van der Waals surface area (Å²) >= 11 is 1.76. The molecule has 1 aromatic heterocycles. The van der Waals surface area contributed by atoms with Gasteiger partial charge >= 0.3 is 0 Å². The highest BCUT2D eigenvalue weighted by atomic mass is 32.1. The van der Waals surface area contributed by atoms with E-state index >= 15 is 0 Å². The van der Waals surface area contributed by atoms with Crippen LogP contribution < -0.4 is 5.73 Å². The van der Waals surface area contributed by atoms with E-state index in [0.717, 1.165) is 17.8 Å². The zero-order valence-corrected chi connectivity index (χ0v) is 13.0. The molecule has 19 heavy (non-hydrogen) atoms. The molecular formula is C15H26N2OS. The quantitative estimate of drug-likeness (QED) is 0.862. The van der Waals surface area contributed by atoms with Crippen LogP contribution >= 0.6 is 11.3 Å². The third-order valence-electron chi connectivity index (χ3n) is 4.04. The lowest BCUT2D eigenvalue weighted by molar-refractivity contribution is 0.0351. The van der Waals surface area contributed by atoms with Gasteiger partial charge in [-0.1, -0.05) is 32.6 Å². The van der Waals surface area contributed by atoms with Gasteiger partial charge < -0.3 is 10.5 Å². The first kappa shape index (κ1) is 14.9. The molecule has 4 heteroatoms. The molecule has 2 N–H and O–H groups in total. The van der Waals surface area contributed by atoms with Gasteiger partial charge in [0.15, 0.2) is 0 Å². The SMILES string of the molecule is CCCc1nc(C(OC)C2CCCCC2)sc1CN. The van der Waals surface area contributed by atoms with Crippen LogP contribution in [-0.2, 0) is 17.7 Å². The summed E-state index contributed by atoms with van der Waals surface area (Å²) in [5, 5.41) is 1.15. The summed E-state index contributed by atoms with van der Waals surface area (Å²) in [6.45, 7) is 2.79. The van der Waals surface area contributed by atoms with Crippen LogP contribution in [0.5, 0.6) is 0 Å². The van der Waals surface area contributed by atoms with E-state index < -0.39 is 0 Å². The van der Waals surface area contributed by atoms with Crippen molar-refractivity contribution in [3.05, 3.63) is 15.6 Å². The number of nitrogens with zero attached hydrogens (tertiary/aromatic N) is 1. The van der Waals surface area contributed by atoms with Crippen molar-refractivity contribution >= 4 is 11.3 Å². The van der Waals surface area contributed by atoms with Gasteiger partial charge in [-0.25, -0.2) is 4.98 Å². The number of rotatable bonds is 6. The Bertz CT molecular complexity index is 385. The molecule has 1 aliphatic rings. The maximum atomic E-state index is 5.84. The summed E-state index contributed by atoms with van der Waals surface area (Å²) in [5.41, 5.74) is 7.04. The first-order valence-electron chi connectivity index (χ1n) is 7.51. The number of nitrogens with two attached hydrogens (primary N) is 1. The van der Waals surface area contributed by atoms with Gasteiger partial charge in [-0.2, -0.15) is 0 Å². The van der Waals surface area contributed by atoms with Crippen molar-refractivity contribution in [2.24, 2.45) is 11.7 Å². The average molecular weight is 282 g/mol. The molecule has 1 heterocycles. The number of thiazole rings is 1. The summed E-state index contributed by atoms with van der Waals surface area (Å²) in [6, 6.07) is 0. The molecule has 1 aliphatic carbocycles.